The number of anilines is 1. The summed E-state index contributed by atoms with van der Waals surface area (Å²) in [4.78, 5) is 12.1. The molecule has 0 aliphatic heterocycles. The zero-order valence-electron chi connectivity index (χ0n) is 22.8. The second kappa shape index (κ2) is 27.5. The molecule has 0 spiro atoms. The van der Waals surface area contributed by atoms with Crippen molar-refractivity contribution in [2.45, 2.75) is 19.8 Å². The van der Waals surface area contributed by atoms with Gasteiger partial charge in [-0.1, -0.05) is 35.9 Å². The van der Waals surface area contributed by atoms with Crippen LogP contribution in [0.5, 0.6) is 0 Å². The second-order valence-corrected chi connectivity index (χ2v) is 9.05. The number of hydrogen-bond acceptors (Lipinski definition) is 10. The smallest absolute Gasteiger partial charge is 0.338 e. The molecule has 0 saturated carbocycles. The molecular weight excluding hydrogens is 609 g/mol. The van der Waals surface area contributed by atoms with Crippen molar-refractivity contribution >= 4 is 34.2 Å². The van der Waals surface area contributed by atoms with Gasteiger partial charge in [-0.05, 0) is 30.7 Å². The molecule has 0 aliphatic carbocycles. The lowest BCUT2D eigenvalue weighted by Gasteiger charge is -2.09. The Morgan fingerprint density at radius 2 is 1.03 bits per heavy atom. The molecule has 0 fully saturated rings. The van der Waals surface area contributed by atoms with E-state index in [0.717, 1.165) is 36.1 Å². The molecule has 0 heterocycles. The third kappa shape index (κ3) is 21.8. The van der Waals surface area contributed by atoms with Gasteiger partial charge >= 0.3 is 5.97 Å². The molecule has 0 atom stereocenters. The first kappa shape index (κ1) is 35.0. The van der Waals surface area contributed by atoms with Crippen LogP contribution >= 0.6 is 22.6 Å². The van der Waals surface area contributed by atoms with E-state index in [2.05, 4.69) is 34.8 Å². The van der Waals surface area contributed by atoms with E-state index in [9.17, 15) is 4.79 Å². The summed E-state index contributed by atoms with van der Waals surface area (Å²) in [6.07, 6.45) is 2.25. The fourth-order valence-corrected chi connectivity index (χ4v) is 3.20. The topological polar surface area (TPSA) is 103 Å². The fourth-order valence-electron chi connectivity index (χ4n) is 2.89. The van der Waals surface area contributed by atoms with Crippen LogP contribution in [0.15, 0.2) is 24.3 Å². The lowest BCUT2D eigenvalue weighted by atomic mass is 10.2. The van der Waals surface area contributed by atoms with Gasteiger partial charge in [0, 0.05) is 16.7 Å². The van der Waals surface area contributed by atoms with Gasteiger partial charge in [-0.15, -0.1) is 0 Å². The van der Waals surface area contributed by atoms with E-state index in [-0.39, 0.29) is 12.6 Å². The largest absolute Gasteiger partial charge is 0.460 e. The van der Waals surface area contributed by atoms with Crippen LogP contribution in [0.1, 0.15) is 30.1 Å². The second-order valence-electron chi connectivity index (χ2n) is 7.97. The van der Waals surface area contributed by atoms with Crippen molar-refractivity contribution in [2.75, 3.05) is 115 Å². The molecule has 1 aromatic carbocycles. The van der Waals surface area contributed by atoms with Gasteiger partial charge in [0.1, 0.15) is 6.61 Å². The van der Waals surface area contributed by atoms with Crippen molar-refractivity contribution in [1.82, 2.24) is 0 Å². The average molecular weight is 656 g/mol. The Morgan fingerprint density at radius 1 is 0.632 bits per heavy atom. The Bertz CT molecular complexity index is 652. The first-order chi connectivity index (χ1) is 18.8. The van der Waals surface area contributed by atoms with E-state index >= 15 is 0 Å². The number of rotatable bonds is 28. The molecule has 220 valence electrons. The van der Waals surface area contributed by atoms with Gasteiger partial charge in [0.15, 0.2) is 0 Å². The first-order valence-corrected chi connectivity index (χ1v) is 14.9. The number of halogens is 1. The minimum Gasteiger partial charge on any atom is -0.460 e. The Kier molecular flexibility index (Phi) is 25.3. The van der Waals surface area contributed by atoms with Crippen LogP contribution in [-0.2, 0) is 37.9 Å². The van der Waals surface area contributed by atoms with Gasteiger partial charge in [-0.25, -0.2) is 4.79 Å². The zero-order chi connectivity index (χ0) is 27.4. The molecule has 0 unspecified atom stereocenters. The predicted molar refractivity (Wildman–Crippen MR) is 155 cm³/mol. The maximum absolute atomic E-state index is 12.1. The van der Waals surface area contributed by atoms with Crippen molar-refractivity contribution in [3.8, 4) is 0 Å². The third-order valence-electron chi connectivity index (χ3n) is 4.89. The molecule has 0 saturated heterocycles. The van der Waals surface area contributed by atoms with Crippen LogP contribution in [0.4, 0.5) is 5.69 Å². The van der Waals surface area contributed by atoms with Gasteiger partial charge in [0.2, 0.25) is 0 Å². The van der Waals surface area contributed by atoms with Gasteiger partial charge in [0.25, 0.3) is 0 Å². The number of unbranched alkanes of at least 4 members (excludes halogenated alkanes) is 1. The summed E-state index contributed by atoms with van der Waals surface area (Å²) in [5.41, 5.74) is 1.53. The lowest BCUT2D eigenvalue weighted by Crippen LogP contribution is -2.15. The van der Waals surface area contributed by atoms with E-state index in [1.54, 1.807) is 12.1 Å². The molecule has 38 heavy (non-hydrogen) atoms. The Labute approximate surface area is 241 Å². The molecule has 0 radical (unpaired) electrons. The van der Waals surface area contributed by atoms with Crippen molar-refractivity contribution in [3.05, 3.63) is 29.8 Å². The number of carbonyl (C=O) groups is 1. The lowest BCUT2D eigenvalue weighted by molar-refractivity contribution is -0.0219. The number of esters is 1. The normalized spacial score (nSPS) is 11.1. The van der Waals surface area contributed by atoms with E-state index in [0.29, 0.717) is 91.5 Å². The van der Waals surface area contributed by atoms with E-state index in [1.807, 2.05) is 12.1 Å². The van der Waals surface area contributed by atoms with Gasteiger partial charge in [0.05, 0.1) is 98.1 Å². The van der Waals surface area contributed by atoms with Crippen molar-refractivity contribution in [1.29, 1.82) is 0 Å². The molecule has 10 nitrogen and oxygen atoms in total. The Balaban J connectivity index is 1.78. The SMILES string of the molecule is CCCCNc1ccc(C(=O)OCCOCCOCCOCCOCCOCCOCCOCCI)cc1. The molecule has 0 aromatic heterocycles. The Hall–Kier alpha value is -1.06. The zero-order valence-corrected chi connectivity index (χ0v) is 25.0. The number of carbonyl (C=O) groups excluding carboxylic acids is 1. The van der Waals surface area contributed by atoms with Crippen molar-refractivity contribution in [2.24, 2.45) is 0 Å². The number of hydrogen-bond donors (Lipinski definition) is 1. The highest BCUT2D eigenvalue weighted by molar-refractivity contribution is 14.1. The minimum absolute atomic E-state index is 0.200. The molecule has 0 aliphatic rings. The first-order valence-electron chi connectivity index (χ1n) is 13.4. The van der Waals surface area contributed by atoms with Crippen LogP contribution < -0.4 is 5.32 Å². The fraction of sp³-hybridized carbons (Fsp3) is 0.741. The molecular formula is C27H46INO9. The molecule has 1 aromatic rings. The van der Waals surface area contributed by atoms with Crippen LogP contribution in [0, 0.1) is 0 Å². The summed E-state index contributed by atoms with van der Waals surface area (Å²) in [5.74, 6) is -0.354. The number of nitrogens with one attached hydrogen (secondary N) is 1. The monoisotopic (exact) mass is 655 g/mol. The third-order valence-corrected chi connectivity index (χ3v) is 5.33. The van der Waals surface area contributed by atoms with E-state index in [4.69, 9.17) is 37.9 Å². The number of benzene rings is 1. The average Bonchev–Trinajstić information content (AvgIpc) is 2.94. The minimum atomic E-state index is -0.354. The van der Waals surface area contributed by atoms with Crippen molar-refractivity contribution in [3.63, 3.8) is 0 Å². The molecule has 1 rings (SSSR count). The summed E-state index contributed by atoms with van der Waals surface area (Å²) < 4.78 is 44.1. The summed E-state index contributed by atoms with van der Waals surface area (Å²) >= 11 is 2.27. The molecule has 0 bridgehead atoms. The van der Waals surface area contributed by atoms with Crippen LogP contribution in [0.25, 0.3) is 0 Å². The molecule has 11 heteroatoms. The number of ether oxygens (including phenoxy) is 8. The summed E-state index contributed by atoms with van der Waals surface area (Å²) in [5, 5.41) is 3.32. The van der Waals surface area contributed by atoms with Crippen LogP contribution in [-0.4, -0.2) is 116 Å². The maximum Gasteiger partial charge on any atom is 0.338 e. The maximum atomic E-state index is 12.1. The highest BCUT2D eigenvalue weighted by Crippen LogP contribution is 2.10. The summed E-state index contributed by atoms with van der Waals surface area (Å²) in [7, 11) is 0. The van der Waals surface area contributed by atoms with E-state index < -0.39 is 0 Å². The Morgan fingerprint density at radius 3 is 1.42 bits per heavy atom. The highest BCUT2D eigenvalue weighted by atomic mass is 127. The van der Waals surface area contributed by atoms with Gasteiger partial charge in [-0.3, -0.25) is 0 Å². The van der Waals surface area contributed by atoms with Crippen LogP contribution in [0.3, 0.4) is 0 Å². The van der Waals surface area contributed by atoms with Crippen LogP contribution in [0.2, 0.25) is 0 Å². The summed E-state index contributed by atoms with van der Waals surface area (Å²) in [6, 6.07) is 7.30. The quantitative estimate of drug-likeness (QED) is 0.0624. The standard InChI is InChI=1S/C27H46INO9/c1-2-3-9-29-26-6-4-25(5-7-26)27(30)38-24-23-37-22-21-36-20-19-35-18-17-34-16-15-33-14-13-32-12-11-31-10-8-28/h4-7,29H,2-3,8-24H2,1H3. The predicted octanol–water partition coefficient (Wildman–Crippen LogP) is 3.61. The highest BCUT2D eigenvalue weighted by Gasteiger charge is 2.06. The molecule has 1 N–H and O–H groups in total. The van der Waals surface area contributed by atoms with Gasteiger partial charge in [-0.2, -0.15) is 0 Å². The van der Waals surface area contributed by atoms with Crippen molar-refractivity contribution < 1.29 is 42.7 Å². The summed E-state index contributed by atoms with van der Waals surface area (Å²) in [6.45, 7) is 10.6. The van der Waals surface area contributed by atoms with E-state index in [1.165, 1.54) is 0 Å². The number of alkyl halides is 1. The molecule has 0 amide bonds. The van der Waals surface area contributed by atoms with Gasteiger partial charge < -0.3 is 43.2 Å².